The number of hydrogen-bond acceptors (Lipinski definition) is 6. The van der Waals surface area contributed by atoms with Crippen molar-refractivity contribution in [3.05, 3.63) is 96.1 Å². The van der Waals surface area contributed by atoms with E-state index in [2.05, 4.69) is 21.2 Å². The van der Waals surface area contributed by atoms with Crippen molar-refractivity contribution in [2.75, 3.05) is 18.5 Å². The number of amides is 3. The van der Waals surface area contributed by atoms with Crippen molar-refractivity contribution in [3.8, 4) is 5.75 Å². The summed E-state index contributed by atoms with van der Waals surface area (Å²) in [6.45, 7) is 1.75. The summed E-state index contributed by atoms with van der Waals surface area (Å²) in [5, 5.41) is 9.30. The van der Waals surface area contributed by atoms with Gasteiger partial charge in [-0.2, -0.15) is 5.10 Å². The summed E-state index contributed by atoms with van der Waals surface area (Å²) < 4.78 is 10.4. The molecule has 9 heteroatoms. The molecule has 0 saturated heterocycles. The minimum Gasteiger partial charge on any atom is -0.484 e. The Balaban J connectivity index is 1.50. The molecule has 3 aromatic rings. The molecule has 0 aliphatic heterocycles. The molecule has 0 spiro atoms. The van der Waals surface area contributed by atoms with Gasteiger partial charge in [0.25, 0.3) is 11.8 Å². The molecule has 0 aliphatic rings. The summed E-state index contributed by atoms with van der Waals surface area (Å²) in [7, 11) is 0. The third-order valence-electron chi connectivity index (χ3n) is 4.86. The van der Waals surface area contributed by atoms with Gasteiger partial charge >= 0.3 is 6.09 Å². The van der Waals surface area contributed by atoms with Crippen LogP contribution < -0.4 is 20.8 Å². The van der Waals surface area contributed by atoms with Gasteiger partial charge in [0.1, 0.15) is 11.8 Å². The first-order valence-corrected chi connectivity index (χ1v) is 11.4. The van der Waals surface area contributed by atoms with Crippen LogP contribution in [0.25, 0.3) is 0 Å². The number of benzene rings is 3. The van der Waals surface area contributed by atoms with Crippen molar-refractivity contribution in [1.29, 1.82) is 0 Å². The van der Waals surface area contributed by atoms with E-state index in [1.807, 2.05) is 48.5 Å². The first kappa shape index (κ1) is 26.0. The molecule has 186 valence electrons. The Labute approximate surface area is 209 Å². The number of anilines is 1. The van der Waals surface area contributed by atoms with Crippen LogP contribution in [0, 0.1) is 0 Å². The summed E-state index contributed by atoms with van der Waals surface area (Å²) in [6, 6.07) is 24.4. The Hall–Kier alpha value is -4.66. The lowest BCUT2D eigenvalue weighted by atomic mass is 10.1. The first-order chi connectivity index (χ1) is 17.5. The largest absolute Gasteiger partial charge is 0.484 e. The monoisotopic (exact) mass is 488 g/mol. The summed E-state index contributed by atoms with van der Waals surface area (Å²) in [5.41, 5.74) is 4.73. The van der Waals surface area contributed by atoms with Gasteiger partial charge in [-0.25, -0.2) is 10.2 Å². The molecule has 3 N–H and O–H groups in total. The van der Waals surface area contributed by atoms with Crippen LogP contribution in [0.1, 0.15) is 18.1 Å². The van der Waals surface area contributed by atoms with Crippen molar-refractivity contribution >= 4 is 29.8 Å². The molecule has 0 aromatic heterocycles. The van der Waals surface area contributed by atoms with Crippen LogP contribution in [-0.4, -0.2) is 43.4 Å². The quantitative estimate of drug-likeness (QED) is 0.282. The number of carbonyl (C=O) groups excluding carboxylic acids is 3. The van der Waals surface area contributed by atoms with Crippen LogP contribution in [0.5, 0.6) is 5.75 Å². The maximum absolute atomic E-state index is 12.7. The molecule has 1 atom stereocenters. The fraction of sp³-hybridized carbons (Fsp3) is 0.185. The van der Waals surface area contributed by atoms with Gasteiger partial charge in [-0.1, -0.05) is 48.5 Å². The highest BCUT2D eigenvalue weighted by molar-refractivity contribution is 5.92. The average molecular weight is 489 g/mol. The highest BCUT2D eigenvalue weighted by Gasteiger charge is 2.21. The third-order valence-corrected chi connectivity index (χ3v) is 4.86. The second-order valence-corrected chi connectivity index (χ2v) is 7.61. The molecule has 0 bridgehead atoms. The van der Waals surface area contributed by atoms with Crippen molar-refractivity contribution in [2.24, 2.45) is 5.10 Å². The number of hydrogen-bond donors (Lipinski definition) is 3. The SMILES string of the molecule is CCOC(=O)N[C@H](Cc1ccccc1)C(=O)N/N=C\c1ccc(OCC(=O)Nc2ccccc2)cc1. The van der Waals surface area contributed by atoms with Gasteiger partial charge < -0.3 is 20.1 Å². The van der Waals surface area contributed by atoms with Crippen molar-refractivity contribution in [2.45, 2.75) is 19.4 Å². The number of para-hydroxylation sites is 1. The zero-order valence-corrected chi connectivity index (χ0v) is 19.8. The van der Waals surface area contributed by atoms with E-state index in [1.165, 1.54) is 6.21 Å². The van der Waals surface area contributed by atoms with E-state index in [4.69, 9.17) is 9.47 Å². The zero-order chi connectivity index (χ0) is 25.6. The standard InChI is InChI=1S/C27H28N4O5/c1-2-35-27(34)30-24(17-20-9-5-3-6-10-20)26(33)31-28-18-21-13-15-23(16-14-21)36-19-25(32)29-22-11-7-4-8-12-22/h3-16,18,24H,2,17,19H2,1H3,(H,29,32)(H,30,34)(H,31,33)/b28-18-/t24-/m1/s1. The molecule has 3 amide bonds. The molecular weight excluding hydrogens is 460 g/mol. The normalized spacial score (nSPS) is 11.4. The molecule has 36 heavy (non-hydrogen) atoms. The summed E-state index contributed by atoms with van der Waals surface area (Å²) in [4.78, 5) is 36.5. The topological polar surface area (TPSA) is 118 Å². The van der Waals surface area contributed by atoms with Gasteiger partial charge in [0.05, 0.1) is 12.8 Å². The van der Waals surface area contributed by atoms with Gasteiger partial charge in [-0.15, -0.1) is 0 Å². The summed E-state index contributed by atoms with van der Waals surface area (Å²) in [5.74, 6) is -0.232. The zero-order valence-electron chi connectivity index (χ0n) is 19.8. The lowest BCUT2D eigenvalue weighted by Gasteiger charge is -2.16. The van der Waals surface area contributed by atoms with Gasteiger partial charge in [0.15, 0.2) is 6.61 Å². The van der Waals surface area contributed by atoms with Crippen LogP contribution in [0.2, 0.25) is 0 Å². The molecule has 3 aromatic carbocycles. The molecule has 0 unspecified atom stereocenters. The Bertz CT molecular complexity index is 1150. The molecule has 9 nitrogen and oxygen atoms in total. The highest BCUT2D eigenvalue weighted by atomic mass is 16.5. The molecule has 0 saturated carbocycles. The Morgan fingerprint density at radius 3 is 2.25 bits per heavy atom. The highest BCUT2D eigenvalue weighted by Crippen LogP contribution is 2.12. The van der Waals surface area contributed by atoms with Crippen LogP contribution in [0.15, 0.2) is 90.0 Å². The second-order valence-electron chi connectivity index (χ2n) is 7.61. The van der Waals surface area contributed by atoms with Crippen LogP contribution in [0.4, 0.5) is 10.5 Å². The van der Waals surface area contributed by atoms with E-state index in [0.29, 0.717) is 17.0 Å². The third kappa shape index (κ3) is 8.94. The number of nitrogens with one attached hydrogen (secondary N) is 3. The Morgan fingerprint density at radius 2 is 1.58 bits per heavy atom. The molecule has 0 aliphatic carbocycles. The fourth-order valence-electron chi connectivity index (χ4n) is 3.14. The molecule has 3 rings (SSSR count). The number of ether oxygens (including phenoxy) is 2. The van der Waals surface area contributed by atoms with Crippen LogP contribution in [-0.2, 0) is 20.7 Å². The van der Waals surface area contributed by atoms with Gasteiger partial charge in [-0.3, -0.25) is 9.59 Å². The van der Waals surface area contributed by atoms with Crippen molar-refractivity contribution < 1.29 is 23.9 Å². The van der Waals surface area contributed by atoms with Crippen LogP contribution in [0.3, 0.4) is 0 Å². The van der Waals surface area contributed by atoms with E-state index in [1.54, 1.807) is 43.3 Å². The lowest BCUT2D eigenvalue weighted by molar-refractivity contribution is -0.123. The average Bonchev–Trinajstić information content (AvgIpc) is 2.89. The maximum atomic E-state index is 12.7. The number of carbonyl (C=O) groups is 3. The minimum absolute atomic E-state index is 0.130. The number of hydrazone groups is 1. The number of alkyl carbamates (subject to hydrolysis) is 1. The molecule has 0 fully saturated rings. The molecule has 0 radical (unpaired) electrons. The van der Waals surface area contributed by atoms with Crippen molar-refractivity contribution in [1.82, 2.24) is 10.7 Å². The predicted molar refractivity (Wildman–Crippen MR) is 137 cm³/mol. The fourth-order valence-corrected chi connectivity index (χ4v) is 3.14. The Kier molecular flexibility index (Phi) is 10.0. The lowest BCUT2D eigenvalue weighted by Crippen LogP contribution is -2.47. The molecule has 0 heterocycles. The first-order valence-electron chi connectivity index (χ1n) is 11.4. The van der Waals surface area contributed by atoms with Gasteiger partial charge in [-0.05, 0) is 54.4 Å². The summed E-state index contributed by atoms with van der Waals surface area (Å²) >= 11 is 0. The van der Waals surface area contributed by atoms with E-state index < -0.39 is 18.0 Å². The molecular formula is C27H28N4O5. The summed E-state index contributed by atoms with van der Waals surface area (Å²) in [6.07, 6.45) is 1.07. The van der Waals surface area contributed by atoms with E-state index >= 15 is 0 Å². The van der Waals surface area contributed by atoms with Crippen molar-refractivity contribution in [3.63, 3.8) is 0 Å². The Morgan fingerprint density at radius 1 is 0.917 bits per heavy atom. The van der Waals surface area contributed by atoms with Gasteiger partial charge in [0.2, 0.25) is 0 Å². The smallest absolute Gasteiger partial charge is 0.407 e. The van der Waals surface area contributed by atoms with E-state index in [9.17, 15) is 14.4 Å². The number of nitrogens with zero attached hydrogens (tertiary/aromatic N) is 1. The second kappa shape index (κ2) is 13.9. The van der Waals surface area contributed by atoms with Gasteiger partial charge in [0, 0.05) is 12.1 Å². The predicted octanol–water partition coefficient (Wildman–Crippen LogP) is 3.51. The van der Waals surface area contributed by atoms with Crippen LogP contribution >= 0.6 is 0 Å². The maximum Gasteiger partial charge on any atom is 0.407 e. The van der Waals surface area contributed by atoms with E-state index in [0.717, 1.165) is 5.56 Å². The minimum atomic E-state index is -0.860. The number of rotatable bonds is 11. The van der Waals surface area contributed by atoms with E-state index in [-0.39, 0.29) is 25.5 Å².